The first-order valence-corrected chi connectivity index (χ1v) is 11.5. The molecule has 3 N–H and O–H groups in total. The smallest absolute Gasteiger partial charge is 0.433 e. The van der Waals surface area contributed by atoms with Gasteiger partial charge in [-0.2, -0.15) is 0 Å². The minimum absolute atomic E-state index is 0.120. The van der Waals surface area contributed by atoms with E-state index in [1.807, 2.05) is 43.5 Å². The maximum absolute atomic E-state index is 11.7. The topological polar surface area (TPSA) is 107 Å². The number of ether oxygens (including phenoxy) is 2. The van der Waals surface area contributed by atoms with Crippen molar-refractivity contribution in [2.45, 2.75) is 18.8 Å². The second-order valence-corrected chi connectivity index (χ2v) is 9.18. The number of imidazole rings is 1. The number of fused-ring (bicyclic) bond motifs is 1. The number of rotatable bonds is 8. The fraction of sp³-hybridized carbons (Fsp3) is 0.250. The fourth-order valence-corrected chi connectivity index (χ4v) is 4.29. The van der Waals surface area contributed by atoms with Crippen LogP contribution in [0.15, 0.2) is 42.5 Å². The van der Waals surface area contributed by atoms with Gasteiger partial charge in [-0.15, -0.1) is 0 Å². The summed E-state index contributed by atoms with van der Waals surface area (Å²) in [4.78, 5) is 30.9. The summed E-state index contributed by atoms with van der Waals surface area (Å²) < 4.78 is 10.2. The molecule has 152 valence electrons. The van der Waals surface area contributed by atoms with Crippen molar-refractivity contribution in [3.63, 3.8) is 0 Å². The van der Waals surface area contributed by atoms with Crippen molar-refractivity contribution < 1.29 is 19.1 Å². The van der Waals surface area contributed by atoms with Gasteiger partial charge in [0.25, 0.3) is 5.91 Å². The van der Waals surface area contributed by atoms with E-state index < -0.39 is 12.1 Å². The number of hydrogen-bond donors (Lipinski definition) is 2. The molecule has 2 aromatic carbocycles. The highest BCUT2D eigenvalue weighted by atomic mass is 33.1. The summed E-state index contributed by atoms with van der Waals surface area (Å²) in [6, 6.07) is 12.7. The number of carbonyl (C=O) groups is 2. The second kappa shape index (κ2) is 9.71. The molecule has 0 fully saturated rings. The van der Waals surface area contributed by atoms with Crippen LogP contribution in [0.2, 0.25) is 0 Å². The zero-order chi connectivity index (χ0) is 20.8. The predicted molar refractivity (Wildman–Crippen MR) is 117 cm³/mol. The number of aromatic amines is 1. The van der Waals surface area contributed by atoms with Crippen molar-refractivity contribution in [2.75, 3.05) is 12.9 Å². The van der Waals surface area contributed by atoms with Crippen LogP contribution in [0.25, 0.3) is 22.4 Å². The number of para-hydroxylation sites is 1. The van der Waals surface area contributed by atoms with Gasteiger partial charge in [0, 0.05) is 10.8 Å². The third-order valence-corrected chi connectivity index (χ3v) is 6.28. The molecular formula is C20H21N3O4S2. The monoisotopic (exact) mass is 431 g/mol. The van der Waals surface area contributed by atoms with Crippen LogP contribution in [0.1, 0.15) is 22.8 Å². The van der Waals surface area contributed by atoms with E-state index in [1.54, 1.807) is 33.7 Å². The normalized spacial score (nSPS) is 11.9. The quantitative estimate of drug-likeness (QED) is 0.402. The highest BCUT2D eigenvalue weighted by molar-refractivity contribution is 8.76. The number of aromatic nitrogens is 2. The average molecular weight is 432 g/mol. The number of amides is 1. The molecule has 1 heterocycles. The van der Waals surface area contributed by atoms with Gasteiger partial charge in [0.05, 0.1) is 11.1 Å². The van der Waals surface area contributed by atoms with Gasteiger partial charge in [0.2, 0.25) is 0 Å². The number of benzene rings is 2. The molecular weight excluding hydrogens is 410 g/mol. The highest BCUT2D eigenvalue weighted by Crippen LogP contribution is 2.24. The molecule has 0 aliphatic carbocycles. The summed E-state index contributed by atoms with van der Waals surface area (Å²) in [5.74, 6) is 0.107. The Morgan fingerprint density at radius 1 is 1.17 bits per heavy atom. The molecule has 29 heavy (non-hydrogen) atoms. The molecule has 0 radical (unpaired) electrons. The van der Waals surface area contributed by atoms with E-state index >= 15 is 0 Å². The van der Waals surface area contributed by atoms with Gasteiger partial charge in [-0.1, -0.05) is 51.9 Å². The molecule has 0 spiro atoms. The Morgan fingerprint density at radius 3 is 2.62 bits per heavy atom. The Morgan fingerprint density at radius 2 is 1.93 bits per heavy atom. The molecule has 0 saturated carbocycles. The number of nitrogens with one attached hydrogen (secondary N) is 1. The van der Waals surface area contributed by atoms with Gasteiger partial charge in [-0.3, -0.25) is 4.79 Å². The first-order chi connectivity index (χ1) is 14.0. The Balaban J connectivity index is 1.62. The Hall–Kier alpha value is -2.65. The lowest BCUT2D eigenvalue weighted by Gasteiger charge is -2.10. The van der Waals surface area contributed by atoms with Crippen LogP contribution in [0, 0.1) is 0 Å². The maximum atomic E-state index is 11.7. The zero-order valence-corrected chi connectivity index (χ0v) is 17.6. The zero-order valence-electron chi connectivity index (χ0n) is 16.0. The van der Waals surface area contributed by atoms with Crippen molar-refractivity contribution in [1.29, 1.82) is 0 Å². The van der Waals surface area contributed by atoms with Gasteiger partial charge < -0.3 is 20.2 Å². The van der Waals surface area contributed by atoms with E-state index in [-0.39, 0.29) is 11.9 Å². The molecule has 0 bridgehead atoms. The standard InChI is InChI=1S/C20H21N3O4S2/c1-12(29-28-2)10-26-20(25)27-11-13-6-8-14(9-7-13)19-22-16-5-3-4-15(18(21)24)17(16)23-19/h3-9,12H,10-11H2,1-2H3,(H2,21,24)(H,22,23)/t12-/m1/s1. The van der Waals surface area contributed by atoms with E-state index in [9.17, 15) is 9.59 Å². The molecule has 3 rings (SSSR count). The third-order valence-electron chi connectivity index (χ3n) is 4.06. The van der Waals surface area contributed by atoms with Crippen molar-refractivity contribution in [3.8, 4) is 11.4 Å². The summed E-state index contributed by atoms with van der Waals surface area (Å²) in [7, 11) is 3.27. The number of primary amides is 1. The molecule has 0 saturated heterocycles. The summed E-state index contributed by atoms with van der Waals surface area (Å²) in [5, 5.41) is 0.204. The highest BCUT2D eigenvalue weighted by Gasteiger charge is 2.13. The first-order valence-electron chi connectivity index (χ1n) is 8.84. The van der Waals surface area contributed by atoms with Gasteiger partial charge in [0.15, 0.2) is 0 Å². The van der Waals surface area contributed by atoms with Crippen LogP contribution in [0.3, 0.4) is 0 Å². The van der Waals surface area contributed by atoms with Crippen LogP contribution >= 0.6 is 21.6 Å². The molecule has 9 heteroatoms. The third kappa shape index (κ3) is 5.45. The summed E-state index contributed by atoms with van der Waals surface area (Å²) in [6.07, 6.45) is 1.30. The minimum Gasteiger partial charge on any atom is -0.433 e. The lowest BCUT2D eigenvalue weighted by atomic mass is 10.1. The molecule has 0 aliphatic heterocycles. The van der Waals surface area contributed by atoms with E-state index in [0.717, 1.165) is 16.6 Å². The van der Waals surface area contributed by atoms with Crippen molar-refractivity contribution in [2.24, 2.45) is 5.73 Å². The molecule has 0 aliphatic rings. The first kappa shape index (κ1) is 21.1. The van der Waals surface area contributed by atoms with E-state index in [4.69, 9.17) is 15.2 Å². The molecule has 3 aromatic rings. The Kier molecular flexibility index (Phi) is 7.05. The number of hydrogen-bond acceptors (Lipinski definition) is 7. The number of carbonyl (C=O) groups excluding carboxylic acids is 2. The predicted octanol–water partition coefficient (Wildman–Crippen LogP) is 4.38. The lowest BCUT2D eigenvalue weighted by Crippen LogP contribution is -2.14. The van der Waals surface area contributed by atoms with Gasteiger partial charge >= 0.3 is 6.16 Å². The van der Waals surface area contributed by atoms with Crippen molar-refractivity contribution >= 4 is 44.7 Å². The van der Waals surface area contributed by atoms with Crippen LogP contribution in [0.4, 0.5) is 4.79 Å². The van der Waals surface area contributed by atoms with Gasteiger partial charge in [-0.05, 0) is 30.9 Å². The Bertz CT molecular complexity index is 1000. The molecule has 1 atom stereocenters. The number of H-pyrrole nitrogens is 1. The maximum Gasteiger partial charge on any atom is 0.508 e. The summed E-state index contributed by atoms with van der Waals surface area (Å²) >= 11 is 0. The largest absolute Gasteiger partial charge is 0.508 e. The molecule has 0 unspecified atom stereocenters. The van der Waals surface area contributed by atoms with Crippen molar-refractivity contribution in [1.82, 2.24) is 9.97 Å². The average Bonchev–Trinajstić information content (AvgIpc) is 3.15. The lowest BCUT2D eigenvalue weighted by molar-refractivity contribution is 0.0509. The minimum atomic E-state index is -0.682. The van der Waals surface area contributed by atoms with E-state index in [0.29, 0.717) is 23.5 Å². The van der Waals surface area contributed by atoms with Gasteiger partial charge in [-0.25, -0.2) is 9.78 Å². The van der Waals surface area contributed by atoms with Crippen molar-refractivity contribution in [3.05, 3.63) is 53.6 Å². The van der Waals surface area contributed by atoms with Crippen LogP contribution < -0.4 is 5.73 Å². The summed E-state index contributed by atoms with van der Waals surface area (Å²) in [5.41, 5.74) is 8.73. The van der Waals surface area contributed by atoms with Crippen LogP contribution in [-0.4, -0.2) is 40.1 Å². The second-order valence-electron chi connectivity index (χ2n) is 6.27. The SMILES string of the molecule is CSS[C@H](C)COC(=O)OCc1ccc(-c2nc3c(C(N)=O)cccc3[nH]2)cc1. The van der Waals surface area contributed by atoms with E-state index in [1.165, 1.54) is 0 Å². The van der Waals surface area contributed by atoms with E-state index in [2.05, 4.69) is 9.97 Å². The van der Waals surface area contributed by atoms with Gasteiger partial charge in [0.1, 0.15) is 24.6 Å². The fourth-order valence-electron chi connectivity index (χ4n) is 2.69. The van der Waals surface area contributed by atoms with Crippen LogP contribution in [-0.2, 0) is 16.1 Å². The number of nitrogens with zero attached hydrogens (tertiary/aromatic N) is 1. The summed E-state index contributed by atoms with van der Waals surface area (Å²) in [6.45, 7) is 2.41. The number of nitrogens with two attached hydrogens (primary N) is 1. The molecule has 1 amide bonds. The Labute approximate surface area is 176 Å². The molecule has 7 nitrogen and oxygen atoms in total. The molecule has 1 aromatic heterocycles. The van der Waals surface area contributed by atoms with Crippen LogP contribution in [0.5, 0.6) is 0 Å².